The van der Waals surface area contributed by atoms with E-state index in [0.717, 1.165) is 44.5 Å². The second-order valence-corrected chi connectivity index (χ2v) is 7.72. The first-order valence-corrected chi connectivity index (χ1v) is 10.3. The molecule has 6 rings (SSSR count). The third-order valence-corrected chi connectivity index (χ3v) is 5.67. The number of aryl methyl sites for hydroxylation is 1. The number of fused-ring (bicyclic) bond motifs is 5. The molecule has 0 aliphatic heterocycles. The highest BCUT2D eigenvalue weighted by molar-refractivity contribution is 6.08. The van der Waals surface area contributed by atoms with Crippen molar-refractivity contribution in [1.82, 2.24) is 15.0 Å². The summed E-state index contributed by atoms with van der Waals surface area (Å²) in [4.78, 5) is 14.0. The number of hydrogen-bond acceptors (Lipinski definition) is 4. The summed E-state index contributed by atoms with van der Waals surface area (Å²) in [5.74, 6) is 2.11. The van der Waals surface area contributed by atoms with E-state index < -0.39 is 0 Å². The lowest BCUT2D eigenvalue weighted by molar-refractivity contribution is 0.668. The third kappa shape index (κ3) is 3.04. The molecule has 2 aromatic heterocycles. The Hall–Kier alpha value is -4.05. The van der Waals surface area contributed by atoms with Crippen LogP contribution < -0.4 is 0 Å². The van der Waals surface area contributed by atoms with Gasteiger partial charge in [0.2, 0.25) is 0 Å². The molecule has 1 unspecified atom stereocenters. The maximum absolute atomic E-state index is 6.22. The van der Waals surface area contributed by atoms with Crippen molar-refractivity contribution in [3.05, 3.63) is 102 Å². The average molecular weight is 401 g/mol. The van der Waals surface area contributed by atoms with Crippen LogP contribution in [0.2, 0.25) is 0 Å². The van der Waals surface area contributed by atoms with Crippen LogP contribution in [0.4, 0.5) is 0 Å². The first-order valence-electron chi connectivity index (χ1n) is 10.3. The van der Waals surface area contributed by atoms with Gasteiger partial charge in [-0.2, -0.15) is 0 Å². The molecule has 31 heavy (non-hydrogen) atoms. The third-order valence-electron chi connectivity index (χ3n) is 5.67. The van der Waals surface area contributed by atoms with Gasteiger partial charge in [0, 0.05) is 21.9 Å². The first-order chi connectivity index (χ1) is 15.3. The first kappa shape index (κ1) is 17.8. The lowest BCUT2D eigenvalue weighted by Gasteiger charge is -2.09. The summed E-state index contributed by atoms with van der Waals surface area (Å²) in [5, 5.41) is 2.27. The highest BCUT2D eigenvalue weighted by atomic mass is 16.3. The normalized spacial score (nSPS) is 15.3. The molecule has 148 valence electrons. The van der Waals surface area contributed by atoms with E-state index in [9.17, 15) is 0 Å². The van der Waals surface area contributed by atoms with Crippen molar-refractivity contribution < 1.29 is 4.42 Å². The minimum Gasteiger partial charge on any atom is -0.455 e. The van der Waals surface area contributed by atoms with E-state index in [1.807, 2.05) is 55.5 Å². The predicted octanol–water partition coefficient (Wildman–Crippen LogP) is 6.57. The number of nitrogens with zero attached hydrogens (tertiary/aromatic N) is 3. The molecule has 0 radical (unpaired) electrons. The topological polar surface area (TPSA) is 51.8 Å². The summed E-state index contributed by atoms with van der Waals surface area (Å²) in [6.45, 7) is 1.91. The van der Waals surface area contributed by atoms with Crippen LogP contribution in [0, 0.1) is 6.92 Å². The minimum atomic E-state index is -0.0454. The van der Waals surface area contributed by atoms with Crippen molar-refractivity contribution >= 4 is 34.1 Å². The van der Waals surface area contributed by atoms with Crippen molar-refractivity contribution in [2.75, 3.05) is 0 Å². The fourth-order valence-electron chi connectivity index (χ4n) is 4.15. The van der Waals surface area contributed by atoms with Crippen molar-refractivity contribution in [2.45, 2.75) is 12.8 Å². The molecular formula is C27H19N3O. The van der Waals surface area contributed by atoms with Crippen LogP contribution in [0.15, 0.2) is 83.3 Å². The number of allylic oxidation sites excluding steroid dienone is 2. The summed E-state index contributed by atoms with van der Waals surface area (Å²) in [7, 11) is 0. The maximum atomic E-state index is 6.22. The van der Waals surface area contributed by atoms with Crippen LogP contribution in [0.25, 0.3) is 45.5 Å². The Balaban J connectivity index is 1.45. The summed E-state index contributed by atoms with van der Waals surface area (Å²) in [5.41, 5.74) is 5.02. The van der Waals surface area contributed by atoms with Gasteiger partial charge in [-0.3, -0.25) is 0 Å². The largest absolute Gasteiger partial charge is 0.455 e. The molecule has 0 bridgehead atoms. The Kier molecular flexibility index (Phi) is 4.03. The number of furan rings is 1. The summed E-state index contributed by atoms with van der Waals surface area (Å²) >= 11 is 0. The van der Waals surface area contributed by atoms with Gasteiger partial charge in [0.1, 0.15) is 22.8 Å². The number of rotatable bonds is 2. The van der Waals surface area contributed by atoms with E-state index in [1.54, 1.807) is 0 Å². The van der Waals surface area contributed by atoms with Crippen LogP contribution in [-0.2, 0) is 0 Å². The molecule has 0 spiro atoms. The molecular weight excluding hydrogens is 382 g/mol. The van der Waals surface area contributed by atoms with Crippen molar-refractivity contribution in [2.24, 2.45) is 0 Å². The number of aromatic nitrogens is 3. The SMILES string of the molecule is Cc1nc(-c2ccccc2)nc(C2C=Cc3ccc4c(oc5ccccc54)c3C=C2)n1. The molecule has 0 fully saturated rings. The van der Waals surface area contributed by atoms with E-state index in [1.165, 1.54) is 0 Å². The highest BCUT2D eigenvalue weighted by Crippen LogP contribution is 2.35. The van der Waals surface area contributed by atoms with Gasteiger partial charge < -0.3 is 4.42 Å². The number of benzene rings is 3. The van der Waals surface area contributed by atoms with Crippen molar-refractivity contribution in [3.63, 3.8) is 0 Å². The summed E-state index contributed by atoms with van der Waals surface area (Å²) in [6, 6.07) is 22.5. The van der Waals surface area contributed by atoms with Gasteiger partial charge in [0.25, 0.3) is 0 Å². The molecule has 4 nitrogen and oxygen atoms in total. The lowest BCUT2D eigenvalue weighted by Crippen LogP contribution is -2.05. The molecule has 0 saturated carbocycles. The van der Waals surface area contributed by atoms with Crippen LogP contribution in [0.3, 0.4) is 0 Å². The van der Waals surface area contributed by atoms with Gasteiger partial charge in [0.15, 0.2) is 5.82 Å². The Morgan fingerprint density at radius 1 is 0.742 bits per heavy atom. The average Bonchev–Trinajstić information content (AvgIpc) is 3.04. The zero-order valence-corrected chi connectivity index (χ0v) is 17.0. The zero-order valence-electron chi connectivity index (χ0n) is 17.0. The van der Waals surface area contributed by atoms with Gasteiger partial charge in [-0.1, -0.05) is 78.9 Å². The number of para-hydroxylation sites is 1. The van der Waals surface area contributed by atoms with E-state index in [0.29, 0.717) is 11.6 Å². The molecule has 5 aromatic rings. The summed E-state index contributed by atoms with van der Waals surface area (Å²) < 4.78 is 6.22. The Bertz CT molecular complexity index is 1500. The molecule has 0 N–H and O–H groups in total. The smallest absolute Gasteiger partial charge is 0.163 e. The van der Waals surface area contributed by atoms with E-state index >= 15 is 0 Å². The maximum Gasteiger partial charge on any atom is 0.163 e. The van der Waals surface area contributed by atoms with Crippen molar-refractivity contribution in [3.8, 4) is 11.4 Å². The Morgan fingerprint density at radius 2 is 1.55 bits per heavy atom. The molecule has 4 heteroatoms. The van der Waals surface area contributed by atoms with Gasteiger partial charge in [0.05, 0.1) is 5.92 Å². The van der Waals surface area contributed by atoms with E-state index in [-0.39, 0.29) is 5.92 Å². The fourth-order valence-corrected chi connectivity index (χ4v) is 4.15. The van der Waals surface area contributed by atoms with Gasteiger partial charge >= 0.3 is 0 Å². The minimum absolute atomic E-state index is 0.0454. The monoisotopic (exact) mass is 401 g/mol. The highest BCUT2D eigenvalue weighted by Gasteiger charge is 2.17. The standard InChI is InChI=1S/C27H19N3O/c1-17-28-26(19-7-3-2-4-8-19)30-27(29-17)20-12-11-18-13-16-23-22-9-5-6-10-24(22)31-25(23)21(18)15-14-20/h2-16,20H,1H3. The van der Waals surface area contributed by atoms with Crippen LogP contribution in [-0.4, -0.2) is 15.0 Å². The van der Waals surface area contributed by atoms with E-state index in [4.69, 9.17) is 9.40 Å². The molecule has 0 saturated heterocycles. The second kappa shape index (κ2) is 7.03. The molecule has 1 aliphatic rings. The van der Waals surface area contributed by atoms with E-state index in [2.05, 4.69) is 52.5 Å². The zero-order chi connectivity index (χ0) is 20.8. The Labute approximate surface area is 179 Å². The Morgan fingerprint density at radius 3 is 2.45 bits per heavy atom. The fraction of sp³-hybridized carbons (Fsp3) is 0.0741. The molecule has 1 atom stereocenters. The van der Waals surface area contributed by atoms with Gasteiger partial charge in [-0.15, -0.1) is 0 Å². The van der Waals surface area contributed by atoms with Gasteiger partial charge in [-0.25, -0.2) is 15.0 Å². The van der Waals surface area contributed by atoms with Crippen LogP contribution in [0.5, 0.6) is 0 Å². The number of hydrogen-bond donors (Lipinski definition) is 0. The van der Waals surface area contributed by atoms with Gasteiger partial charge in [-0.05, 0) is 24.6 Å². The predicted molar refractivity (Wildman–Crippen MR) is 125 cm³/mol. The molecule has 2 heterocycles. The molecule has 1 aliphatic carbocycles. The molecule has 3 aromatic carbocycles. The van der Waals surface area contributed by atoms with Crippen LogP contribution in [0.1, 0.15) is 28.7 Å². The molecule has 0 amide bonds. The van der Waals surface area contributed by atoms with Crippen LogP contribution >= 0.6 is 0 Å². The second-order valence-electron chi connectivity index (χ2n) is 7.72. The summed E-state index contributed by atoms with van der Waals surface area (Å²) in [6.07, 6.45) is 8.54. The lowest BCUT2D eigenvalue weighted by atomic mass is 10.0. The van der Waals surface area contributed by atoms with Crippen molar-refractivity contribution in [1.29, 1.82) is 0 Å². The quantitative estimate of drug-likeness (QED) is 0.336.